The Kier molecular flexibility index (Phi) is 4.09. The molecule has 18 heavy (non-hydrogen) atoms. The molecule has 1 aliphatic rings. The van der Waals surface area contributed by atoms with Crippen LogP contribution in [0.5, 0.6) is 0 Å². The third-order valence-corrected chi connectivity index (χ3v) is 3.22. The first-order chi connectivity index (χ1) is 8.74. The fourth-order valence-electron chi connectivity index (χ4n) is 2.17. The van der Waals surface area contributed by atoms with Crippen LogP contribution in [-0.2, 0) is 4.74 Å². The molecule has 0 spiro atoms. The molecule has 2 N–H and O–H groups in total. The van der Waals surface area contributed by atoms with Gasteiger partial charge in [-0.05, 0) is 37.4 Å². The van der Waals surface area contributed by atoms with Gasteiger partial charge in [-0.3, -0.25) is 0 Å². The summed E-state index contributed by atoms with van der Waals surface area (Å²) >= 11 is 0. The molecule has 1 fully saturated rings. The van der Waals surface area contributed by atoms with Crippen molar-refractivity contribution in [1.82, 2.24) is 10.2 Å². The summed E-state index contributed by atoms with van der Waals surface area (Å²) in [7, 11) is 1.33. The first-order valence-electron chi connectivity index (χ1n) is 6.11. The lowest BCUT2D eigenvalue weighted by molar-refractivity contribution is 0.0592. The van der Waals surface area contributed by atoms with E-state index < -0.39 is 5.97 Å². The Morgan fingerprint density at radius 2 is 2.39 bits per heavy atom. The van der Waals surface area contributed by atoms with Crippen molar-refractivity contribution < 1.29 is 9.53 Å². The van der Waals surface area contributed by atoms with E-state index in [1.807, 2.05) is 0 Å². The lowest BCUT2D eigenvalue weighted by Gasteiger charge is -2.32. The van der Waals surface area contributed by atoms with Crippen molar-refractivity contribution in [3.8, 4) is 0 Å². The predicted octanol–water partition coefficient (Wildman–Crippen LogP) is 0.438. The number of esters is 1. The van der Waals surface area contributed by atoms with E-state index in [0.717, 1.165) is 25.3 Å². The second-order valence-electron chi connectivity index (χ2n) is 4.46. The molecule has 1 atom stereocenters. The van der Waals surface area contributed by atoms with Crippen LogP contribution in [0.15, 0.2) is 12.1 Å². The highest BCUT2D eigenvalue weighted by atomic mass is 16.5. The van der Waals surface area contributed by atoms with E-state index >= 15 is 0 Å². The number of hydrogen-bond donors (Lipinski definition) is 1. The summed E-state index contributed by atoms with van der Waals surface area (Å²) in [6.07, 6.45) is 2.28. The highest BCUT2D eigenvalue weighted by Gasteiger charge is 2.20. The summed E-state index contributed by atoms with van der Waals surface area (Å²) in [6.45, 7) is 2.57. The number of aromatic nitrogens is 2. The number of ether oxygens (including phenoxy) is 1. The first-order valence-corrected chi connectivity index (χ1v) is 6.11. The first kappa shape index (κ1) is 12.8. The van der Waals surface area contributed by atoms with Crippen molar-refractivity contribution in [3.63, 3.8) is 0 Å². The Hall–Kier alpha value is -1.69. The quantitative estimate of drug-likeness (QED) is 0.784. The number of carbonyl (C=O) groups is 1. The normalized spacial score (nSPS) is 19.7. The Morgan fingerprint density at radius 3 is 3.00 bits per heavy atom. The SMILES string of the molecule is COC(=O)c1ccc(N2CCCC(CN)C2)nn1. The molecule has 0 saturated carbocycles. The molecule has 98 valence electrons. The van der Waals surface area contributed by atoms with Crippen LogP contribution in [0, 0.1) is 5.92 Å². The predicted molar refractivity (Wildman–Crippen MR) is 67.4 cm³/mol. The zero-order valence-electron chi connectivity index (χ0n) is 10.5. The Labute approximate surface area is 106 Å². The van der Waals surface area contributed by atoms with Crippen molar-refractivity contribution >= 4 is 11.8 Å². The smallest absolute Gasteiger partial charge is 0.358 e. The van der Waals surface area contributed by atoms with E-state index in [1.54, 1.807) is 12.1 Å². The van der Waals surface area contributed by atoms with Crippen molar-refractivity contribution in [2.45, 2.75) is 12.8 Å². The highest BCUT2D eigenvalue weighted by Crippen LogP contribution is 2.20. The second kappa shape index (κ2) is 5.77. The standard InChI is InChI=1S/C12H18N4O2/c1-18-12(17)10-4-5-11(15-14-10)16-6-2-3-9(7-13)8-16/h4-5,9H,2-3,6-8,13H2,1H3. The van der Waals surface area contributed by atoms with Gasteiger partial charge in [-0.25, -0.2) is 4.79 Å². The minimum atomic E-state index is -0.465. The van der Waals surface area contributed by atoms with E-state index in [4.69, 9.17) is 5.73 Å². The van der Waals surface area contributed by atoms with Gasteiger partial charge in [0.1, 0.15) is 0 Å². The van der Waals surface area contributed by atoms with Crippen LogP contribution in [0.25, 0.3) is 0 Å². The Bertz CT molecular complexity index is 407. The molecule has 1 saturated heterocycles. The molecule has 2 heterocycles. The maximum absolute atomic E-state index is 11.2. The molecule has 2 rings (SSSR count). The van der Waals surface area contributed by atoms with Crippen molar-refractivity contribution in [2.75, 3.05) is 31.6 Å². The molecule has 1 unspecified atom stereocenters. The van der Waals surface area contributed by atoms with Gasteiger partial charge < -0.3 is 15.4 Å². The molecular weight excluding hydrogens is 232 g/mol. The van der Waals surface area contributed by atoms with Crippen LogP contribution in [-0.4, -0.2) is 42.9 Å². The van der Waals surface area contributed by atoms with Crippen LogP contribution in [0.1, 0.15) is 23.3 Å². The van der Waals surface area contributed by atoms with Crippen LogP contribution in [0.4, 0.5) is 5.82 Å². The van der Waals surface area contributed by atoms with E-state index in [1.165, 1.54) is 13.5 Å². The zero-order chi connectivity index (χ0) is 13.0. The molecule has 0 aliphatic carbocycles. The lowest BCUT2D eigenvalue weighted by Crippen LogP contribution is -2.38. The van der Waals surface area contributed by atoms with Crippen molar-refractivity contribution in [1.29, 1.82) is 0 Å². The van der Waals surface area contributed by atoms with Crippen LogP contribution in [0.3, 0.4) is 0 Å². The van der Waals surface area contributed by atoms with Crippen LogP contribution >= 0.6 is 0 Å². The maximum atomic E-state index is 11.2. The number of anilines is 1. The number of nitrogens with zero attached hydrogens (tertiary/aromatic N) is 3. The zero-order valence-corrected chi connectivity index (χ0v) is 10.5. The third kappa shape index (κ3) is 2.76. The largest absolute Gasteiger partial charge is 0.464 e. The Balaban J connectivity index is 2.07. The summed E-state index contributed by atoms with van der Waals surface area (Å²) in [4.78, 5) is 13.4. The maximum Gasteiger partial charge on any atom is 0.358 e. The van der Waals surface area contributed by atoms with Gasteiger partial charge in [0.15, 0.2) is 11.5 Å². The molecular formula is C12H18N4O2. The van der Waals surface area contributed by atoms with Gasteiger partial charge in [-0.15, -0.1) is 10.2 Å². The van der Waals surface area contributed by atoms with Gasteiger partial charge in [0.2, 0.25) is 0 Å². The van der Waals surface area contributed by atoms with Gasteiger partial charge >= 0.3 is 5.97 Å². The summed E-state index contributed by atoms with van der Waals surface area (Å²) in [5.74, 6) is 0.842. The molecule has 0 radical (unpaired) electrons. The number of methoxy groups -OCH3 is 1. The number of nitrogens with two attached hydrogens (primary N) is 1. The molecule has 6 nitrogen and oxygen atoms in total. The highest BCUT2D eigenvalue weighted by molar-refractivity contribution is 5.86. The average molecular weight is 250 g/mol. The number of hydrogen-bond acceptors (Lipinski definition) is 6. The molecule has 0 aromatic carbocycles. The minimum Gasteiger partial charge on any atom is -0.464 e. The Morgan fingerprint density at radius 1 is 1.56 bits per heavy atom. The summed E-state index contributed by atoms with van der Waals surface area (Å²) in [5, 5.41) is 7.95. The third-order valence-electron chi connectivity index (χ3n) is 3.22. The summed E-state index contributed by atoms with van der Waals surface area (Å²) < 4.78 is 4.58. The van der Waals surface area contributed by atoms with E-state index in [-0.39, 0.29) is 5.69 Å². The fourth-order valence-corrected chi connectivity index (χ4v) is 2.17. The second-order valence-corrected chi connectivity index (χ2v) is 4.46. The summed E-state index contributed by atoms with van der Waals surface area (Å²) in [6, 6.07) is 3.44. The van der Waals surface area contributed by atoms with Gasteiger partial charge in [0.25, 0.3) is 0 Å². The molecule has 0 amide bonds. The molecule has 0 bridgehead atoms. The van der Waals surface area contributed by atoms with Gasteiger partial charge in [0.05, 0.1) is 7.11 Å². The number of carbonyl (C=O) groups excluding carboxylic acids is 1. The van der Waals surface area contributed by atoms with Gasteiger partial charge in [0, 0.05) is 13.1 Å². The van der Waals surface area contributed by atoms with Gasteiger partial charge in [-0.1, -0.05) is 0 Å². The van der Waals surface area contributed by atoms with E-state index in [9.17, 15) is 4.79 Å². The van der Waals surface area contributed by atoms with E-state index in [2.05, 4.69) is 19.8 Å². The van der Waals surface area contributed by atoms with E-state index in [0.29, 0.717) is 12.5 Å². The average Bonchev–Trinajstić information content (AvgIpc) is 2.46. The number of piperidine rings is 1. The molecule has 1 aromatic rings. The monoisotopic (exact) mass is 250 g/mol. The molecule has 1 aliphatic heterocycles. The summed E-state index contributed by atoms with van der Waals surface area (Å²) in [5.41, 5.74) is 5.93. The van der Waals surface area contributed by atoms with Crippen LogP contribution in [0.2, 0.25) is 0 Å². The van der Waals surface area contributed by atoms with Crippen molar-refractivity contribution in [2.24, 2.45) is 11.7 Å². The topological polar surface area (TPSA) is 81.3 Å². The lowest BCUT2D eigenvalue weighted by atomic mass is 9.98. The van der Waals surface area contributed by atoms with Crippen LogP contribution < -0.4 is 10.6 Å². The van der Waals surface area contributed by atoms with Gasteiger partial charge in [-0.2, -0.15) is 0 Å². The molecule has 6 heteroatoms. The number of rotatable bonds is 3. The fraction of sp³-hybridized carbons (Fsp3) is 0.583. The molecule has 1 aromatic heterocycles. The minimum absolute atomic E-state index is 0.230. The van der Waals surface area contributed by atoms with Crippen molar-refractivity contribution in [3.05, 3.63) is 17.8 Å².